The van der Waals surface area contributed by atoms with Gasteiger partial charge in [0.05, 0.1) is 23.2 Å². The summed E-state index contributed by atoms with van der Waals surface area (Å²) in [4.78, 5) is 16.7. The smallest absolute Gasteiger partial charge is 0.261 e. The van der Waals surface area contributed by atoms with Gasteiger partial charge in [0.25, 0.3) is 5.56 Å². The number of nitrogens with one attached hydrogen (secondary N) is 1. The van der Waals surface area contributed by atoms with E-state index >= 15 is 0 Å². The van der Waals surface area contributed by atoms with E-state index in [1.54, 1.807) is 55.6 Å². The lowest BCUT2D eigenvalue weighted by molar-refractivity contribution is 0.575. The van der Waals surface area contributed by atoms with Crippen LogP contribution in [0.15, 0.2) is 53.3 Å². The molecule has 25 heavy (non-hydrogen) atoms. The number of para-hydroxylation sites is 1. The van der Waals surface area contributed by atoms with Crippen LogP contribution in [0.25, 0.3) is 10.9 Å². The first-order valence-electron chi connectivity index (χ1n) is 7.52. The molecule has 6 nitrogen and oxygen atoms in total. The highest BCUT2D eigenvalue weighted by Crippen LogP contribution is 2.12. The van der Waals surface area contributed by atoms with Crippen molar-refractivity contribution < 1.29 is 8.42 Å². The third kappa shape index (κ3) is 4.07. The van der Waals surface area contributed by atoms with Crippen LogP contribution in [-0.4, -0.2) is 18.0 Å². The van der Waals surface area contributed by atoms with Gasteiger partial charge in [-0.3, -0.25) is 9.36 Å². The van der Waals surface area contributed by atoms with Gasteiger partial charge in [-0.2, -0.15) is 0 Å². The zero-order valence-electron chi connectivity index (χ0n) is 13.4. The normalized spacial score (nSPS) is 11.8. The lowest BCUT2D eigenvalue weighted by Crippen LogP contribution is -2.30. The molecule has 0 aliphatic rings. The molecule has 1 N–H and O–H groups in total. The Balaban J connectivity index is 1.81. The predicted octanol–water partition coefficient (Wildman–Crippen LogP) is 2.21. The van der Waals surface area contributed by atoms with Crippen molar-refractivity contribution in [3.05, 3.63) is 75.3 Å². The van der Waals surface area contributed by atoms with E-state index in [4.69, 9.17) is 11.6 Å². The molecular weight excluding hydrogens is 362 g/mol. The third-order valence-electron chi connectivity index (χ3n) is 3.80. The lowest BCUT2D eigenvalue weighted by Gasteiger charge is -2.11. The van der Waals surface area contributed by atoms with E-state index in [0.717, 1.165) is 0 Å². The molecule has 3 rings (SSSR count). The molecule has 0 saturated heterocycles. The zero-order valence-corrected chi connectivity index (χ0v) is 15.0. The number of nitrogens with zero attached hydrogens (tertiary/aromatic N) is 2. The van der Waals surface area contributed by atoms with E-state index in [0.29, 0.717) is 27.3 Å². The molecule has 0 amide bonds. The third-order valence-corrected chi connectivity index (χ3v) is 5.35. The molecule has 0 bridgehead atoms. The Morgan fingerprint density at radius 2 is 1.80 bits per heavy atom. The molecule has 0 atom stereocenters. The highest BCUT2D eigenvalue weighted by molar-refractivity contribution is 7.88. The second-order valence-corrected chi connectivity index (χ2v) is 7.86. The standard InChI is InChI=1S/C17H16ClN3O3S/c1-21-16(20-15-5-3-2-4-14(15)17(21)22)10-19-25(23,24)11-12-6-8-13(18)9-7-12/h2-9,19H,10-11H2,1H3. The summed E-state index contributed by atoms with van der Waals surface area (Å²) in [7, 11) is -2.00. The lowest BCUT2D eigenvalue weighted by atomic mass is 10.2. The molecule has 0 radical (unpaired) electrons. The summed E-state index contributed by atoms with van der Waals surface area (Å²) in [6.45, 7) is -0.0630. The summed E-state index contributed by atoms with van der Waals surface area (Å²) in [5.41, 5.74) is 0.951. The Kier molecular flexibility index (Phi) is 4.89. The molecule has 130 valence electrons. The molecule has 0 spiro atoms. The van der Waals surface area contributed by atoms with Gasteiger partial charge in [-0.25, -0.2) is 18.1 Å². The number of halogens is 1. The molecule has 3 aromatic rings. The Labute approximate surface area is 150 Å². The van der Waals surface area contributed by atoms with Gasteiger partial charge in [-0.05, 0) is 29.8 Å². The van der Waals surface area contributed by atoms with Crippen LogP contribution in [0.3, 0.4) is 0 Å². The number of hydrogen-bond acceptors (Lipinski definition) is 4. The van der Waals surface area contributed by atoms with Gasteiger partial charge >= 0.3 is 0 Å². The maximum Gasteiger partial charge on any atom is 0.261 e. The summed E-state index contributed by atoms with van der Waals surface area (Å²) in [6, 6.07) is 13.6. The maximum absolute atomic E-state index is 12.3. The molecule has 8 heteroatoms. The Hall–Kier alpha value is -2.22. The van der Waals surface area contributed by atoms with Crippen molar-refractivity contribution in [2.45, 2.75) is 12.3 Å². The van der Waals surface area contributed by atoms with Crippen molar-refractivity contribution >= 4 is 32.5 Å². The van der Waals surface area contributed by atoms with Gasteiger partial charge in [0, 0.05) is 12.1 Å². The number of sulfonamides is 1. The van der Waals surface area contributed by atoms with Crippen LogP contribution in [0.2, 0.25) is 5.02 Å². The maximum atomic E-state index is 12.3. The van der Waals surface area contributed by atoms with Crippen LogP contribution in [0.5, 0.6) is 0 Å². The first-order valence-corrected chi connectivity index (χ1v) is 9.55. The molecule has 1 aromatic heterocycles. The zero-order chi connectivity index (χ0) is 18.0. The van der Waals surface area contributed by atoms with Crippen LogP contribution in [0, 0.1) is 0 Å². The molecule has 0 aliphatic carbocycles. The van der Waals surface area contributed by atoms with Gasteiger partial charge in [0.15, 0.2) is 0 Å². The van der Waals surface area contributed by atoms with Crippen molar-refractivity contribution in [1.29, 1.82) is 0 Å². The largest absolute Gasteiger partial charge is 0.298 e. The molecule has 0 fully saturated rings. The van der Waals surface area contributed by atoms with E-state index in [9.17, 15) is 13.2 Å². The number of fused-ring (bicyclic) bond motifs is 1. The molecular formula is C17H16ClN3O3S. The fourth-order valence-corrected chi connectivity index (χ4v) is 3.66. The summed E-state index contributed by atoms with van der Waals surface area (Å²) in [5, 5.41) is 1.04. The average molecular weight is 378 g/mol. The van der Waals surface area contributed by atoms with Crippen LogP contribution >= 0.6 is 11.6 Å². The fraction of sp³-hybridized carbons (Fsp3) is 0.176. The summed E-state index contributed by atoms with van der Waals surface area (Å²) in [6.07, 6.45) is 0. The van der Waals surface area contributed by atoms with Crippen LogP contribution in [0.4, 0.5) is 0 Å². The quantitative estimate of drug-likeness (QED) is 0.739. The van der Waals surface area contributed by atoms with E-state index < -0.39 is 10.0 Å². The predicted molar refractivity (Wildman–Crippen MR) is 97.9 cm³/mol. The van der Waals surface area contributed by atoms with Crippen molar-refractivity contribution in [2.75, 3.05) is 0 Å². The monoisotopic (exact) mass is 377 g/mol. The minimum atomic E-state index is -3.58. The van der Waals surface area contributed by atoms with Gasteiger partial charge < -0.3 is 0 Å². The van der Waals surface area contributed by atoms with Crippen LogP contribution in [-0.2, 0) is 29.4 Å². The average Bonchev–Trinajstić information content (AvgIpc) is 2.59. The number of hydrogen-bond donors (Lipinski definition) is 1. The van der Waals surface area contributed by atoms with E-state index in [-0.39, 0.29) is 17.9 Å². The van der Waals surface area contributed by atoms with Gasteiger partial charge in [0.1, 0.15) is 5.82 Å². The second-order valence-electron chi connectivity index (χ2n) is 5.62. The Morgan fingerprint density at radius 3 is 2.52 bits per heavy atom. The van der Waals surface area contributed by atoms with Crippen LogP contribution in [0.1, 0.15) is 11.4 Å². The number of rotatable bonds is 5. The first kappa shape index (κ1) is 17.6. The second kappa shape index (κ2) is 6.95. The highest BCUT2D eigenvalue weighted by atomic mass is 35.5. The van der Waals surface area contributed by atoms with Crippen molar-refractivity contribution in [2.24, 2.45) is 7.05 Å². The number of aromatic nitrogens is 2. The topological polar surface area (TPSA) is 81.1 Å². The fourth-order valence-electron chi connectivity index (χ4n) is 2.45. The van der Waals surface area contributed by atoms with Crippen LogP contribution < -0.4 is 10.3 Å². The Morgan fingerprint density at radius 1 is 1.12 bits per heavy atom. The molecule has 1 heterocycles. The van der Waals surface area contributed by atoms with Gasteiger partial charge in [-0.1, -0.05) is 35.9 Å². The first-order chi connectivity index (χ1) is 11.9. The van der Waals surface area contributed by atoms with Gasteiger partial charge in [-0.15, -0.1) is 0 Å². The van der Waals surface area contributed by atoms with Crippen molar-refractivity contribution in [3.63, 3.8) is 0 Å². The molecule has 0 aliphatic heterocycles. The van der Waals surface area contributed by atoms with E-state index in [1.165, 1.54) is 4.57 Å². The molecule has 0 saturated carbocycles. The molecule has 2 aromatic carbocycles. The van der Waals surface area contributed by atoms with Crippen molar-refractivity contribution in [1.82, 2.24) is 14.3 Å². The number of benzene rings is 2. The van der Waals surface area contributed by atoms with Gasteiger partial charge in [0.2, 0.25) is 10.0 Å². The summed E-state index contributed by atoms with van der Waals surface area (Å²) < 4.78 is 28.4. The van der Waals surface area contributed by atoms with Crippen molar-refractivity contribution in [3.8, 4) is 0 Å². The highest BCUT2D eigenvalue weighted by Gasteiger charge is 2.14. The minimum Gasteiger partial charge on any atom is -0.298 e. The minimum absolute atomic E-state index is 0.0630. The van der Waals surface area contributed by atoms with E-state index in [1.807, 2.05) is 0 Å². The summed E-state index contributed by atoms with van der Waals surface area (Å²) >= 11 is 5.80. The summed E-state index contributed by atoms with van der Waals surface area (Å²) in [5.74, 6) is 0.175. The Bertz CT molecular complexity index is 1080. The van der Waals surface area contributed by atoms with E-state index in [2.05, 4.69) is 9.71 Å². The SMILES string of the molecule is Cn1c(CNS(=O)(=O)Cc2ccc(Cl)cc2)nc2ccccc2c1=O. The molecule has 0 unspecified atom stereocenters.